The average Bonchev–Trinajstić information content (AvgIpc) is 3.24. The smallest absolute Gasteiger partial charge is 0.270 e. The van der Waals surface area contributed by atoms with Crippen molar-refractivity contribution >= 4 is 17.2 Å². The van der Waals surface area contributed by atoms with Crippen LogP contribution in [0.1, 0.15) is 16.1 Å². The van der Waals surface area contributed by atoms with Crippen LogP contribution < -0.4 is 10.2 Å². The minimum absolute atomic E-state index is 0.0999. The van der Waals surface area contributed by atoms with E-state index in [1.807, 2.05) is 54.8 Å². The lowest BCUT2D eigenvalue weighted by atomic mass is 10.2. The molecule has 1 aromatic carbocycles. The van der Waals surface area contributed by atoms with E-state index in [4.69, 9.17) is 0 Å². The fourth-order valence-electron chi connectivity index (χ4n) is 2.49. The molecule has 0 fully saturated rings. The molecule has 0 atom stereocenters. The number of benzene rings is 1. The van der Waals surface area contributed by atoms with Gasteiger partial charge in [-0.3, -0.25) is 4.79 Å². The van der Waals surface area contributed by atoms with Gasteiger partial charge in [0, 0.05) is 0 Å². The van der Waals surface area contributed by atoms with Crippen LogP contribution >= 0.6 is 11.3 Å². The maximum Gasteiger partial charge on any atom is 0.270 e. The van der Waals surface area contributed by atoms with Gasteiger partial charge in [0.05, 0.1) is 37.7 Å². The second-order valence-corrected chi connectivity index (χ2v) is 7.30. The standard InChI is InChI=1S/C19H22N4OS/c1-14-6-8-15(9-7-14)23-17(19(24)20-10-11-22(2)3)13-16(21-23)18-5-4-12-25-18/h4-9,12-13H,10-11H2,1-3H3,(H,20,24)/p+1. The van der Waals surface area contributed by atoms with E-state index in [0.717, 1.165) is 22.8 Å². The van der Waals surface area contributed by atoms with Gasteiger partial charge in [-0.2, -0.15) is 5.10 Å². The molecule has 0 aliphatic rings. The van der Waals surface area contributed by atoms with Gasteiger partial charge >= 0.3 is 0 Å². The summed E-state index contributed by atoms with van der Waals surface area (Å²) < 4.78 is 1.73. The Balaban J connectivity index is 1.94. The van der Waals surface area contributed by atoms with Crippen LogP contribution in [0.4, 0.5) is 0 Å². The molecule has 5 nitrogen and oxygen atoms in total. The fourth-order valence-corrected chi connectivity index (χ4v) is 3.17. The van der Waals surface area contributed by atoms with Crippen molar-refractivity contribution < 1.29 is 9.69 Å². The normalized spacial score (nSPS) is 11.0. The topological polar surface area (TPSA) is 51.4 Å². The van der Waals surface area contributed by atoms with Crippen molar-refractivity contribution in [3.63, 3.8) is 0 Å². The zero-order valence-corrected chi connectivity index (χ0v) is 15.6. The molecule has 1 amide bonds. The minimum atomic E-state index is -0.0999. The number of likely N-dealkylation sites (N-methyl/N-ethyl adjacent to an activating group) is 1. The number of carbonyl (C=O) groups is 1. The summed E-state index contributed by atoms with van der Waals surface area (Å²) in [7, 11) is 4.13. The lowest BCUT2D eigenvalue weighted by molar-refractivity contribution is -0.856. The largest absolute Gasteiger partial charge is 0.345 e. The molecule has 6 heteroatoms. The van der Waals surface area contributed by atoms with Crippen LogP contribution in [0, 0.1) is 6.92 Å². The maximum atomic E-state index is 12.7. The van der Waals surface area contributed by atoms with Gasteiger partial charge in [-0.1, -0.05) is 23.8 Å². The molecule has 2 N–H and O–H groups in total. The van der Waals surface area contributed by atoms with Gasteiger partial charge in [0.1, 0.15) is 11.4 Å². The molecule has 2 aromatic heterocycles. The number of rotatable bonds is 6. The van der Waals surface area contributed by atoms with Gasteiger partial charge in [0.15, 0.2) is 0 Å². The molecule has 2 heterocycles. The minimum Gasteiger partial charge on any atom is -0.345 e. The molecular weight excluding hydrogens is 332 g/mol. The van der Waals surface area contributed by atoms with Crippen molar-refractivity contribution in [1.82, 2.24) is 15.1 Å². The van der Waals surface area contributed by atoms with E-state index < -0.39 is 0 Å². The van der Waals surface area contributed by atoms with Gasteiger partial charge in [-0.25, -0.2) is 4.68 Å². The highest BCUT2D eigenvalue weighted by atomic mass is 32.1. The highest BCUT2D eigenvalue weighted by Gasteiger charge is 2.18. The van der Waals surface area contributed by atoms with Gasteiger partial charge in [-0.15, -0.1) is 11.3 Å². The molecule has 25 heavy (non-hydrogen) atoms. The molecule has 3 aromatic rings. The van der Waals surface area contributed by atoms with Crippen LogP contribution in [0.15, 0.2) is 47.8 Å². The monoisotopic (exact) mass is 355 g/mol. The molecule has 130 valence electrons. The van der Waals surface area contributed by atoms with Crippen molar-refractivity contribution in [3.05, 3.63) is 59.1 Å². The molecule has 0 saturated carbocycles. The molecule has 0 radical (unpaired) electrons. The van der Waals surface area contributed by atoms with Crippen LogP contribution in [-0.2, 0) is 0 Å². The maximum absolute atomic E-state index is 12.7. The Morgan fingerprint density at radius 3 is 2.64 bits per heavy atom. The number of carbonyl (C=O) groups excluding carboxylic acids is 1. The Hall–Kier alpha value is -2.44. The Kier molecular flexibility index (Phi) is 5.31. The van der Waals surface area contributed by atoms with E-state index in [2.05, 4.69) is 24.5 Å². The zero-order chi connectivity index (χ0) is 17.8. The molecule has 3 rings (SSSR count). The third kappa shape index (κ3) is 4.15. The average molecular weight is 355 g/mol. The SMILES string of the molecule is Cc1ccc(-n2nc(-c3cccs3)cc2C(=O)NCC[NH+](C)C)cc1. The summed E-state index contributed by atoms with van der Waals surface area (Å²) in [4.78, 5) is 15.0. The molecule has 0 bridgehead atoms. The molecule has 0 aliphatic heterocycles. The van der Waals surface area contributed by atoms with Gasteiger partial charge in [0.25, 0.3) is 5.91 Å². The van der Waals surface area contributed by atoms with Crippen LogP contribution in [0.3, 0.4) is 0 Å². The first-order chi connectivity index (χ1) is 12.0. The first-order valence-electron chi connectivity index (χ1n) is 8.33. The first kappa shape index (κ1) is 17.4. The van der Waals surface area contributed by atoms with Crippen LogP contribution in [0.5, 0.6) is 0 Å². The Morgan fingerprint density at radius 2 is 2.00 bits per heavy atom. The van der Waals surface area contributed by atoms with E-state index in [1.165, 1.54) is 10.5 Å². The summed E-state index contributed by atoms with van der Waals surface area (Å²) in [6, 6.07) is 13.9. The third-order valence-corrected chi connectivity index (χ3v) is 4.80. The number of nitrogens with one attached hydrogen (secondary N) is 2. The number of aromatic nitrogens is 2. The van der Waals surface area contributed by atoms with E-state index in [-0.39, 0.29) is 5.91 Å². The summed E-state index contributed by atoms with van der Waals surface area (Å²) in [6.07, 6.45) is 0. The lowest BCUT2D eigenvalue weighted by Crippen LogP contribution is -3.06. The summed E-state index contributed by atoms with van der Waals surface area (Å²) >= 11 is 1.62. The highest BCUT2D eigenvalue weighted by molar-refractivity contribution is 7.13. The predicted molar refractivity (Wildman–Crippen MR) is 102 cm³/mol. The lowest BCUT2D eigenvalue weighted by Gasteiger charge is -2.10. The number of thiophene rings is 1. The third-order valence-electron chi connectivity index (χ3n) is 3.90. The van der Waals surface area contributed by atoms with Crippen molar-refractivity contribution in [2.45, 2.75) is 6.92 Å². The number of nitrogens with zero attached hydrogens (tertiary/aromatic N) is 2. The second-order valence-electron chi connectivity index (χ2n) is 6.35. The molecule has 0 spiro atoms. The second kappa shape index (κ2) is 7.63. The summed E-state index contributed by atoms with van der Waals surface area (Å²) in [5.74, 6) is -0.0999. The molecule has 0 saturated heterocycles. The zero-order valence-electron chi connectivity index (χ0n) is 14.7. The number of hydrogen-bond donors (Lipinski definition) is 2. The number of quaternary nitrogens is 1. The van der Waals surface area contributed by atoms with Crippen LogP contribution in [0.25, 0.3) is 16.3 Å². The number of amides is 1. The van der Waals surface area contributed by atoms with Gasteiger partial charge in [-0.05, 0) is 36.6 Å². The highest BCUT2D eigenvalue weighted by Crippen LogP contribution is 2.25. The molecule has 0 aliphatic carbocycles. The summed E-state index contributed by atoms with van der Waals surface area (Å²) in [5, 5.41) is 9.68. The molecule has 0 unspecified atom stereocenters. The van der Waals surface area contributed by atoms with E-state index in [0.29, 0.717) is 12.2 Å². The predicted octanol–water partition coefficient (Wildman–Crippen LogP) is 1.78. The summed E-state index contributed by atoms with van der Waals surface area (Å²) in [6.45, 7) is 3.55. The van der Waals surface area contributed by atoms with Crippen molar-refractivity contribution in [2.24, 2.45) is 0 Å². The van der Waals surface area contributed by atoms with E-state index in [1.54, 1.807) is 16.0 Å². The van der Waals surface area contributed by atoms with E-state index >= 15 is 0 Å². The fraction of sp³-hybridized carbons (Fsp3) is 0.263. The number of aryl methyl sites for hydroxylation is 1. The Morgan fingerprint density at radius 1 is 1.24 bits per heavy atom. The van der Waals surface area contributed by atoms with Crippen molar-refractivity contribution in [2.75, 3.05) is 27.2 Å². The number of hydrogen-bond acceptors (Lipinski definition) is 3. The van der Waals surface area contributed by atoms with Gasteiger partial charge < -0.3 is 10.2 Å². The summed E-state index contributed by atoms with van der Waals surface area (Å²) in [5.41, 5.74) is 3.44. The van der Waals surface area contributed by atoms with Crippen LogP contribution in [0.2, 0.25) is 0 Å². The Bertz CT molecular complexity index is 835. The molecular formula is C19H23N4OS+. The van der Waals surface area contributed by atoms with Crippen LogP contribution in [-0.4, -0.2) is 42.9 Å². The Labute approximate surface area is 151 Å². The van der Waals surface area contributed by atoms with E-state index in [9.17, 15) is 4.79 Å². The van der Waals surface area contributed by atoms with Crippen molar-refractivity contribution in [3.8, 4) is 16.3 Å². The first-order valence-corrected chi connectivity index (χ1v) is 9.21. The van der Waals surface area contributed by atoms with Crippen molar-refractivity contribution in [1.29, 1.82) is 0 Å². The van der Waals surface area contributed by atoms with Gasteiger partial charge in [0.2, 0.25) is 0 Å². The quantitative estimate of drug-likeness (QED) is 0.708.